The van der Waals surface area contributed by atoms with E-state index in [1.807, 2.05) is 0 Å². The van der Waals surface area contributed by atoms with Crippen LogP contribution in [0.1, 0.15) is 13.8 Å². The van der Waals surface area contributed by atoms with Crippen LogP contribution in [0.15, 0.2) is 0 Å². The van der Waals surface area contributed by atoms with Crippen LogP contribution in [0, 0.1) is 0 Å². The van der Waals surface area contributed by atoms with Crippen LogP contribution in [0.3, 0.4) is 0 Å². The Morgan fingerprint density at radius 2 is 1.32 bits per heavy atom. The quantitative estimate of drug-likeness (QED) is 0.330. The molecule has 0 spiro atoms. The molecule has 2 aliphatic rings. The van der Waals surface area contributed by atoms with Crippen LogP contribution in [0.5, 0.6) is 0 Å². The summed E-state index contributed by atoms with van der Waals surface area (Å²) in [5, 5.41) is 11.1. The molecule has 34 heavy (non-hydrogen) atoms. The highest BCUT2D eigenvalue weighted by Crippen LogP contribution is 2.39. The number of carbonyl (C=O) groups is 2. The van der Waals surface area contributed by atoms with E-state index in [-0.39, 0.29) is 19.8 Å². The van der Waals surface area contributed by atoms with E-state index in [9.17, 15) is 14.7 Å². The van der Waals surface area contributed by atoms with Crippen molar-refractivity contribution in [3.05, 3.63) is 0 Å². The van der Waals surface area contributed by atoms with Crippen molar-refractivity contribution in [2.24, 2.45) is 0 Å². The summed E-state index contributed by atoms with van der Waals surface area (Å²) in [6.45, 7) is 1.99. The minimum absolute atomic E-state index is 0.138. The first-order valence-electron chi connectivity index (χ1n) is 10.7. The number of hydrogen-bond donors (Lipinski definition) is 1. The van der Waals surface area contributed by atoms with E-state index in [0.717, 1.165) is 0 Å². The highest BCUT2D eigenvalue weighted by molar-refractivity contribution is 5.66. The van der Waals surface area contributed by atoms with Crippen molar-refractivity contribution in [1.29, 1.82) is 0 Å². The number of carbonyl (C=O) groups excluding carboxylic acids is 2. The van der Waals surface area contributed by atoms with E-state index in [4.69, 9.17) is 47.4 Å². The maximum atomic E-state index is 11.4. The van der Waals surface area contributed by atoms with Crippen molar-refractivity contribution in [3.8, 4) is 0 Å². The predicted molar refractivity (Wildman–Crippen MR) is 112 cm³/mol. The zero-order valence-electron chi connectivity index (χ0n) is 20.6. The largest absolute Gasteiger partial charge is 0.463 e. The molecule has 0 bridgehead atoms. The molecule has 2 fully saturated rings. The van der Waals surface area contributed by atoms with Gasteiger partial charge in [-0.1, -0.05) is 0 Å². The Bertz CT molecular complexity index is 661. The summed E-state index contributed by atoms with van der Waals surface area (Å²) in [7, 11) is 7.16. The summed E-state index contributed by atoms with van der Waals surface area (Å²) < 4.78 is 55.9. The van der Waals surface area contributed by atoms with Crippen molar-refractivity contribution in [2.45, 2.75) is 68.7 Å². The fourth-order valence-corrected chi connectivity index (χ4v) is 4.21. The first-order valence-corrected chi connectivity index (χ1v) is 10.7. The monoisotopic (exact) mass is 496 g/mol. The van der Waals surface area contributed by atoms with Crippen LogP contribution in [0.25, 0.3) is 0 Å². The van der Waals surface area contributed by atoms with Gasteiger partial charge in [0.2, 0.25) is 5.79 Å². The maximum absolute atomic E-state index is 11.4. The summed E-state index contributed by atoms with van der Waals surface area (Å²) in [4.78, 5) is 22.7. The molecule has 0 aromatic heterocycles. The third-order valence-electron chi connectivity index (χ3n) is 5.72. The van der Waals surface area contributed by atoms with E-state index in [2.05, 4.69) is 0 Å². The van der Waals surface area contributed by atoms with Crippen LogP contribution in [0.2, 0.25) is 0 Å². The Hall–Kier alpha value is -1.42. The maximum Gasteiger partial charge on any atom is 0.302 e. The Morgan fingerprint density at radius 3 is 1.79 bits per heavy atom. The average Bonchev–Trinajstić information content (AvgIpc) is 3.05. The zero-order valence-corrected chi connectivity index (χ0v) is 20.6. The number of esters is 2. The van der Waals surface area contributed by atoms with Gasteiger partial charge in [0.05, 0.1) is 0 Å². The molecule has 2 heterocycles. The molecule has 0 saturated carbocycles. The number of aliphatic hydroxyl groups excluding tert-OH is 1. The lowest BCUT2D eigenvalue weighted by atomic mass is 9.98. The lowest BCUT2D eigenvalue weighted by molar-refractivity contribution is -0.388. The molecule has 1 N–H and O–H groups in total. The van der Waals surface area contributed by atoms with Gasteiger partial charge in [0.15, 0.2) is 6.29 Å². The van der Waals surface area contributed by atoms with Gasteiger partial charge in [-0.25, -0.2) is 0 Å². The van der Waals surface area contributed by atoms with Crippen molar-refractivity contribution >= 4 is 11.9 Å². The van der Waals surface area contributed by atoms with Gasteiger partial charge in [-0.2, -0.15) is 0 Å². The van der Waals surface area contributed by atoms with Crippen molar-refractivity contribution in [1.82, 2.24) is 0 Å². The molecule has 0 aromatic rings. The van der Waals surface area contributed by atoms with E-state index in [1.54, 1.807) is 0 Å². The van der Waals surface area contributed by atoms with Gasteiger partial charge in [-0.15, -0.1) is 0 Å². The van der Waals surface area contributed by atoms with Crippen LogP contribution in [-0.4, -0.2) is 127 Å². The topological polar surface area (TPSA) is 147 Å². The van der Waals surface area contributed by atoms with E-state index < -0.39 is 66.7 Å². The molecular formula is C21H36O13. The van der Waals surface area contributed by atoms with E-state index in [1.165, 1.54) is 49.4 Å². The van der Waals surface area contributed by atoms with Gasteiger partial charge in [0.25, 0.3) is 0 Å². The standard InChI is InChI=1S/C21H36O13/c1-11(22)30-8-13-15(26-4)17(28-6)18(29-7)20(32-13)34-21(10-25-3)19(24)16(27-5)14(33-21)9-31-12(2)23/h13-20,24H,8-10H2,1-7H3/t13-,14-,15-,16-,17+,18-,19+,20-,21+/m1/s1. The summed E-state index contributed by atoms with van der Waals surface area (Å²) in [6.07, 6.45) is -7.26. The molecule has 0 radical (unpaired) electrons. The highest BCUT2D eigenvalue weighted by Gasteiger charge is 2.60. The van der Waals surface area contributed by atoms with Crippen molar-refractivity contribution in [3.63, 3.8) is 0 Å². The molecule has 2 saturated heterocycles. The van der Waals surface area contributed by atoms with E-state index >= 15 is 0 Å². The minimum atomic E-state index is -1.77. The van der Waals surface area contributed by atoms with Gasteiger partial charge < -0.3 is 52.5 Å². The average molecular weight is 497 g/mol. The first kappa shape index (κ1) is 28.8. The summed E-state index contributed by atoms with van der Waals surface area (Å²) in [6, 6.07) is 0. The van der Waals surface area contributed by atoms with Crippen LogP contribution in [-0.2, 0) is 57.0 Å². The normalized spacial score (nSPS) is 38.0. The lowest BCUT2D eigenvalue weighted by Crippen LogP contribution is -2.64. The molecule has 2 aliphatic heterocycles. The third kappa shape index (κ3) is 6.42. The predicted octanol–water partition coefficient (Wildman–Crippen LogP) is -0.983. The molecular weight excluding hydrogens is 460 g/mol. The minimum Gasteiger partial charge on any atom is -0.463 e. The lowest BCUT2D eigenvalue weighted by Gasteiger charge is -2.46. The Kier molecular flexibility index (Phi) is 11.1. The van der Waals surface area contributed by atoms with Crippen molar-refractivity contribution < 1.29 is 62.1 Å². The number of ether oxygens (including phenoxy) is 10. The molecule has 198 valence electrons. The third-order valence-corrected chi connectivity index (χ3v) is 5.72. The van der Waals surface area contributed by atoms with Gasteiger partial charge in [0, 0.05) is 49.4 Å². The van der Waals surface area contributed by atoms with Crippen LogP contribution >= 0.6 is 0 Å². The molecule has 9 atom stereocenters. The van der Waals surface area contributed by atoms with Gasteiger partial charge in [-0.05, 0) is 0 Å². The Balaban J connectivity index is 2.34. The fraction of sp³-hybridized carbons (Fsp3) is 0.905. The SMILES string of the molecule is COC[C@@]1(O[C@H]2O[C@H](COC(C)=O)[C@@H](OC)[C@H](OC)[C@H]2OC)O[C@H](COC(C)=O)[C@@H](OC)[C@@H]1O. The van der Waals surface area contributed by atoms with Crippen molar-refractivity contribution in [2.75, 3.05) is 55.4 Å². The summed E-state index contributed by atoms with van der Waals surface area (Å²) in [5.74, 6) is -2.79. The fourth-order valence-electron chi connectivity index (χ4n) is 4.21. The first-order chi connectivity index (χ1) is 16.2. The van der Waals surface area contributed by atoms with Crippen LogP contribution < -0.4 is 0 Å². The van der Waals surface area contributed by atoms with Gasteiger partial charge in [-0.3, -0.25) is 9.59 Å². The second kappa shape index (κ2) is 13.0. The molecule has 0 aliphatic carbocycles. The smallest absolute Gasteiger partial charge is 0.302 e. The van der Waals surface area contributed by atoms with Crippen LogP contribution in [0.4, 0.5) is 0 Å². The second-order valence-electron chi connectivity index (χ2n) is 7.91. The molecule has 0 amide bonds. The number of aliphatic hydroxyl groups is 1. The molecule has 0 aromatic carbocycles. The number of methoxy groups -OCH3 is 5. The number of rotatable bonds is 12. The molecule has 13 nitrogen and oxygen atoms in total. The molecule has 13 heteroatoms. The number of hydrogen-bond acceptors (Lipinski definition) is 13. The summed E-state index contributed by atoms with van der Waals surface area (Å²) >= 11 is 0. The Morgan fingerprint density at radius 1 is 0.794 bits per heavy atom. The molecule has 0 unspecified atom stereocenters. The molecule has 2 rings (SSSR count). The Labute approximate surface area is 198 Å². The zero-order chi connectivity index (χ0) is 25.5. The van der Waals surface area contributed by atoms with Gasteiger partial charge >= 0.3 is 11.9 Å². The van der Waals surface area contributed by atoms with E-state index in [0.29, 0.717) is 0 Å². The highest BCUT2D eigenvalue weighted by atomic mass is 16.8. The second-order valence-corrected chi connectivity index (χ2v) is 7.91. The summed E-state index contributed by atoms with van der Waals surface area (Å²) in [5.41, 5.74) is 0. The van der Waals surface area contributed by atoms with Gasteiger partial charge in [0.1, 0.15) is 62.5 Å².